The van der Waals surface area contributed by atoms with Gasteiger partial charge in [0.2, 0.25) is 10.0 Å². The number of fused-ring (bicyclic) bond motifs is 1. The number of hydrogen-bond donors (Lipinski definition) is 1. The Morgan fingerprint density at radius 2 is 2.14 bits per heavy atom. The number of sulfonamides is 1. The molecule has 0 aliphatic carbocycles. The first-order chi connectivity index (χ1) is 13.7. The van der Waals surface area contributed by atoms with Gasteiger partial charge in [0.15, 0.2) is 0 Å². The lowest BCUT2D eigenvalue weighted by molar-refractivity contribution is 0.548. The molecule has 8 heteroatoms. The molecule has 0 bridgehead atoms. The van der Waals surface area contributed by atoms with Gasteiger partial charge in [0, 0.05) is 34.8 Å². The maximum atomic E-state index is 15.2. The summed E-state index contributed by atoms with van der Waals surface area (Å²) in [7, 11) is -3.91. The molecule has 1 aromatic carbocycles. The quantitative estimate of drug-likeness (QED) is 0.646. The zero-order chi connectivity index (χ0) is 20.9. The number of primary sulfonamides is 1. The van der Waals surface area contributed by atoms with Crippen molar-refractivity contribution in [1.82, 2.24) is 9.55 Å². The van der Waals surface area contributed by atoms with Gasteiger partial charge < -0.3 is 4.57 Å². The molecule has 0 radical (unpaired) electrons. The standard InChI is InChI=1S/C21H24FN3O2S2/c1-12(2)10-18-13(3)20(21(28-18)29(23,26)27)14-4-5-15(16(22)11-14)17-6-7-19-24-8-9-25(17)19/h4-5,8-9,11-12,17H,6-7,10H2,1-3H3,(H2,23,26,27). The number of halogens is 1. The van der Waals surface area contributed by atoms with Gasteiger partial charge >= 0.3 is 0 Å². The Hall–Kier alpha value is -2.03. The van der Waals surface area contributed by atoms with Crippen molar-refractivity contribution < 1.29 is 12.8 Å². The molecule has 154 valence electrons. The average molecular weight is 434 g/mol. The number of imidazole rings is 1. The summed E-state index contributed by atoms with van der Waals surface area (Å²) in [5, 5.41) is 5.50. The third-order valence-electron chi connectivity index (χ3n) is 5.44. The molecule has 29 heavy (non-hydrogen) atoms. The third kappa shape index (κ3) is 3.65. The Bertz CT molecular complexity index is 1180. The van der Waals surface area contributed by atoms with Gasteiger partial charge in [0.1, 0.15) is 15.9 Å². The van der Waals surface area contributed by atoms with Crippen LogP contribution in [0.2, 0.25) is 0 Å². The molecule has 3 aromatic rings. The number of benzene rings is 1. The summed E-state index contributed by atoms with van der Waals surface area (Å²) >= 11 is 1.20. The van der Waals surface area contributed by atoms with Gasteiger partial charge in [-0.25, -0.2) is 22.9 Å². The number of nitrogens with two attached hydrogens (primary N) is 1. The highest BCUT2D eigenvalue weighted by Gasteiger charge is 2.28. The summed E-state index contributed by atoms with van der Waals surface area (Å²) in [5.41, 5.74) is 2.52. The maximum Gasteiger partial charge on any atom is 0.248 e. The van der Waals surface area contributed by atoms with E-state index in [-0.39, 0.29) is 16.1 Å². The van der Waals surface area contributed by atoms with E-state index in [1.54, 1.807) is 18.3 Å². The summed E-state index contributed by atoms with van der Waals surface area (Å²) in [6.45, 7) is 6.05. The molecule has 0 fully saturated rings. The van der Waals surface area contributed by atoms with E-state index in [0.717, 1.165) is 35.5 Å². The zero-order valence-electron chi connectivity index (χ0n) is 16.6. The summed E-state index contributed by atoms with van der Waals surface area (Å²) < 4.78 is 41.7. The van der Waals surface area contributed by atoms with Crippen LogP contribution in [0.15, 0.2) is 34.8 Å². The molecule has 4 rings (SSSR count). The van der Waals surface area contributed by atoms with Crippen molar-refractivity contribution in [3.8, 4) is 11.1 Å². The number of hydrogen-bond acceptors (Lipinski definition) is 4. The summed E-state index contributed by atoms with van der Waals surface area (Å²) in [4.78, 5) is 5.28. The van der Waals surface area contributed by atoms with Crippen LogP contribution in [0.25, 0.3) is 11.1 Å². The van der Waals surface area contributed by atoms with Crippen molar-refractivity contribution in [3.63, 3.8) is 0 Å². The minimum atomic E-state index is -3.91. The molecule has 1 aliphatic rings. The fourth-order valence-electron chi connectivity index (χ4n) is 4.12. The van der Waals surface area contributed by atoms with Gasteiger partial charge in [0.05, 0.1) is 6.04 Å². The van der Waals surface area contributed by atoms with E-state index in [4.69, 9.17) is 5.14 Å². The zero-order valence-corrected chi connectivity index (χ0v) is 18.3. The molecule has 2 aromatic heterocycles. The highest BCUT2D eigenvalue weighted by molar-refractivity contribution is 7.91. The summed E-state index contributed by atoms with van der Waals surface area (Å²) in [6.07, 6.45) is 5.98. The third-order valence-corrected chi connectivity index (χ3v) is 8.22. The van der Waals surface area contributed by atoms with E-state index in [1.807, 2.05) is 17.7 Å². The van der Waals surface area contributed by atoms with Crippen molar-refractivity contribution in [2.24, 2.45) is 11.1 Å². The van der Waals surface area contributed by atoms with Gasteiger partial charge in [-0.15, -0.1) is 11.3 Å². The van der Waals surface area contributed by atoms with Gasteiger partial charge in [-0.2, -0.15) is 0 Å². The van der Waals surface area contributed by atoms with Gasteiger partial charge in [-0.05, 0) is 42.9 Å². The van der Waals surface area contributed by atoms with E-state index in [2.05, 4.69) is 18.8 Å². The Labute approximate surface area is 174 Å². The van der Waals surface area contributed by atoms with Crippen LogP contribution in [-0.4, -0.2) is 18.0 Å². The minimum absolute atomic E-state index is 0.0839. The topological polar surface area (TPSA) is 78.0 Å². The first kappa shape index (κ1) is 20.3. The normalized spacial score (nSPS) is 16.6. The smallest absolute Gasteiger partial charge is 0.248 e. The molecule has 0 saturated carbocycles. The lowest BCUT2D eigenvalue weighted by Crippen LogP contribution is -2.11. The predicted molar refractivity (Wildman–Crippen MR) is 113 cm³/mol. The van der Waals surface area contributed by atoms with Crippen LogP contribution in [0.3, 0.4) is 0 Å². The molecular weight excluding hydrogens is 409 g/mol. The van der Waals surface area contributed by atoms with Crippen molar-refractivity contribution in [2.75, 3.05) is 0 Å². The fourth-order valence-corrected chi connectivity index (χ4v) is 6.71. The maximum absolute atomic E-state index is 15.2. The molecular formula is C21H24FN3O2S2. The van der Waals surface area contributed by atoms with Crippen molar-refractivity contribution in [2.45, 2.75) is 50.3 Å². The van der Waals surface area contributed by atoms with Crippen LogP contribution in [0, 0.1) is 18.7 Å². The van der Waals surface area contributed by atoms with Crippen LogP contribution in [0.4, 0.5) is 4.39 Å². The average Bonchev–Trinajstić information content (AvgIpc) is 3.30. The number of nitrogens with zero attached hydrogens (tertiary/aromatic N) is 2. The monoisotopic (exact) mass is 433 g/mol. The van der Waals surface area contributed by atoms with Crippen LogP contribution in [-0.2, 0) is 22.9 Å². The number of aryl methyl sites for hydroxylation is 1. The number of thiophene rings is 1. The van der Waals surface area contributed by atoms with Crippen molar-refractivity contribution in [1.29, 1.82) is 0 Å². The highest BCUT2D eigenvalue weighted by Crippen LogP contribution is 2.41. The molecule has 2 N–H and O–H groups in total. The minimum Gasteiger partial charge on any atom is -0.327 e. The Kier molecular flexibility index (Phi) is 5.13. The van der Waals surface area contributed by atoms with Crippen LogP contribution in [0.5, 0.6) is 0 Å². The molecule has 1 unspecified atom stereocenters. The Balaban J connectivity index is 1.80. The molecule has 3 heterocycles. The molecule has 5 nitrogen and oxygen atoms in total. The molecule has 1 atom stereocenters. The Morgan fingerprint density at radius 1 is 1.38 bits per heavy atom. The molecule has 0 amide bonds. The van der Waals surface area contributed by atoms with Crippen molar-refractivity contribution in [3.05, 3.63) is 58.2 Å². The Morgan fingerprint density at radius 3 is 2.79 bits per heavy atom. The molecule has 0 spiro atoms. The largest absolute Gasteiger partial charge is 0.327 e. The van der Waals surface area contributed by atoms with Crippen molar-refractivity contribution >= 4 is 21.4 Å². The number of aromatic nitrogens is 2. The van der Waals surface area contributed by atoms with Gasteiger partial charge in [-0.1, -0.05) is 26.0 Å². The molecule has 1 aliphatic heterocycles. The SMILES string of the molecule is Cc1c(CC(C)C)sc(S(N)(=O)=O)c1-c1ccc(C2CCc3nccn32)c(F)c1. The lowest BCUT2D eigenvalue weighted by Gasteiger charge is -2.15. The highest BCUT2D eigenvalue weighted by atomic mass is 32.2. The van der Waals surface area contributed by atoms with Gasteiger partial charge in [0.25, 0.3) is 0 Å². The van der Waals surface area contributed by atoms with E-state index in [9.17, 15) is 8.42 Å². The summed E-state index contributed by atoms with van der Waals surface area (Å²) in [5.74, 6) is 0.992. The van der Waals surface area contributed by atoms with Gasteiger partial charge in [-0.3, -0.25) is 0 Å². The van der Waals surface area contributed by atoms with E-state index in [0.29, 0.717) is 22.6 Å². The van der Waals surface area contributed by atoms with Crippen LogP contribution >= 0.6 is 11.3 Å². The second kappa shape index (κ2) is 7.34. The van der Waals surface area contributed by atoms with E-state index < -0.39 is 10.0 Å². The van der Waals surface area contributed by atoms with E-state index in [1.165, 1.54) is 17.4 Å². The van der Waals surface area contributed by atoms with E-state index >= 15 is 4.39 Å². The number of rotatable bonds is 5. The second-order valence-corrected chi connectivity index (χ2v) is 10.9. The lowest BCUT2D eigenvalue weighted by atomic mass is 9.97. The second-order valence-electron chi connectivity index (χ2n) is 8.00. The van der Waals surface area contributed by atoms with Crippen LogP contribution in [0.1, 0.15) is 48.1 Å². The fraction of sp³-hybridized carbons (Fsp3) is 0.381. The first-order valence-corrected chi connectivity index (χ1v) is 12.0. The summed E-state index contributed by atoms with van der Waals surface area (Å²) in [6, 6.07) is 4.92. The molecule has 0 saturated heterocycles. The predicted octanol–water partition coefficient (Wildman–Crippen LogP) is 4.44. The van der Waals surface area contributed by atoms with Crippen LogP contribution < -0.4 is 5.14 Å². The first-order valence-electron chi connectivity index (χ1n) is 9.63.